The number of amides is 2. The highest BCUT2D eigenvalue weighted by molar-refractivity contribution is 7.20. The molecule has 5 rings (SSSR count). The SMILES string of the molecule is COc1ccccc1N1CCN(C(=O)[C@@H](C)NC(=O)c2ccc3nc(-n4cccc4)sc3c2)CC1. The maximum absolute atomic E-state index is 13.0. The van der Waals surface area contributed by atoms with E-state index in [0.29, 0.717) is 31.7 Å². The summed E-state index contributed by atoms with van der Waals surface area (Å²) in [6, 6.07) is 16.6. The van der Waals surface area contributed by atoms with Crippen LogP contribution in [0.3, 0.4) is 0 Å². The standard InChI is InChI=1S/C26H27N5O3S/c1-18(25(33)30-15-13-29(14-16-30)21-7-3-4-8-22(21)34-2)27-24(32)19-9-10-20-23(17-19)35-26(28-20)31-11-5-6-12-31/h3-12,17-18H,13-16H2,1-2H3,(H,27,32)/t18-/m1/s1. The highest BCUT2D eigenvalue weighted by Gasteiger charge is 2.27. The van der Waals surface area contributed by atoms with E-state index in [4.69, 9.17) is 4.74 Å². The summed E-state index contributed by atoms with van der Waals surface area (Å²) >= 11 is 1.52. The van der Waals surface area contributed by atoms with Crippen LogP contribution >= 0.6 is 11.3 Å². The van der Waals surface area contributed by atoms with Crippen LogP contribution in [0.4, 0.5) is 5.69 Å². The number of methoxy groups -OCH3 is 1. The van der Waals surface area contributed by atoms with Crippen LogP contribution in [0.5, 0.6) is 5.75 Å². The maximum atomic E-state index is 13.0. The van der Waals surface area contributed by atoms with E-state index in [0.717, 1.165) is 26.8 Å². The lowest BCUT2D eigenvalue weighted by Gasteiger charge is -2.37. The van der Waals surface area contributed by atoms with Crippen molar-refractivity contribution in [2.45, 2.75) is 13.0 Å². The Kier molecular flexibility index (Phi) is 6.41. The molecule has 1 atom stereocenters. The van der Waals surface area contributed by atoms with Crippen LogP contribution in [0.15, 0.2) is 67.0 Å². The highest BCUT2D eigenvalue weighted by Crippen LogP contribution is 2.29. The fourth-order valence-electron chi connectivity index (χ4n) is 4.30. The van der Waals surface area contributed by atoms with Crippen LogP contribution in [0.25, 0.3) is 15.3 Å². The molecule has 1 N–H and O–H groups in total. The van der Waals surface area contributed by atoms with E-state index >= 15 is 0 Å². The third-order valence-corrected chi connectivity index (χ3v) is 7.23. The van der Waals surface area contributed by atoms with Gasteiger partial charge in [0, 0.05) is 44.1 Å². The quantitative estimate of drug-likeness (QED) is 0.448. The molecule has 0 unspecified atom stereocenters. The van der Waals surface area contributed by atoms with Crippen molar-refractivity contribution in [3.63, 3.8) is 0 Å². The van der Waals surface area contributed by atoms with Crippen LogP contribution in [0, 0.1) is 0 Å². The predicted molar refractivity (Wildman–Crippen MR) is 138 cm³/mol. The minimum atomic E-state index is -0.618. The van der Waals surface area contributed by atoms with Gasteiger partial charge in [0.05, 0.1) is 23.0 Å². The molecule has 1 fully saturated rings. The van der Waals surface area contributed by atoms with Crippen molar-refractivity contribution in [2.75, 3.05) is 38.2 Å². The molecule has 0 bridgehead atoms. The number of aromatic nitrogens is 2. The smallest absolute Gasteiger partial charge is 0.251 e. The van der Waals surface area contributed by atoms with Gasteiger partial charge in [-0.15, -0.1) is 0 Å². The number of nitrogens with zero attached hydrogens (tertiary/aromatic N) is 4. The third-order valence-electron chi connectivity index (χ3n) is 6.20. The van der Waals surface area contributed by atoms with Gasteiger partial charge in [-0.1, -0.05) is 23.5 Å². The lowest BCUT2D eigenvalue weighted by molar-refractivity contribution is -0.133. The number of carbonyl (C=O) groups is 2. The van der Waals surface area contributed by atoms with Gasteiger partial charge in [0.2, 0.25) is 5.91 Å². The fourth-order valence-corrected chi connectivity index (χ4v) is 5.27. The van der Waals surface area contributed by atoms with Gasteiger partial charge in [-0.2, -0.15) is 0 Å². The first-order valence-corrected chi connectivity index (χ1v) is 12.4. The van der Waals surface area contributed by atoms with Gasteiger partial charge in [0.1, 0.15) is 11.8 Å². The highest BCUT2D eigenvalue weighted by atomic mass is 32.1. The van der Waals surface area contributed by atoms with E-state index < -0.39 is 6.04 Å². The lowest BCUT2D eigenvalue weighted by Crippen LogP contribution is -2.54. The molecule has 0 radical (unpaired) electrons. The number of rotatable bonds is 6. The molecular weight excluding hydrogens is 462 g/mol. The largest absolute Gasteiger partial charge is 0.495 e. The van der Waals surface area contributed by atoms with E-state index in [-0.39, 0.29) is 11.8 Å². The molecule has 1 aliphatic heterocycles. The van der Waals surface area contributed by atoms with Crippen molar-refractivity contribution < 1.29 is 14.3 Å². The number of nitrogens with one attached hydrogen (secondary N) is 1. The minimum Gasteiger partial charge on any atom is -0.495 e. The minimum absolute atomic E-state index is 0.0770. The van der Waals surface area contributed by atoms with Crippen LogP contribution in [-0.4, -0.2) is 65.6 Å². The Balaban J connectivity index is 1.20. The Morgan fingerprint density at radius 1 is 1.03 bits per heavy atom. The second-order valence-corrected chi connectivity index (χ2v) is 9.46. The molecule has 8 nitrogen and oxygen atoms in total. The van der Waals surface area contributed by atoms with Gasteiger partial charge in [0.25, 0.3) is 5.91 Å². The summed E-state index contributed by atoms with van der Waals surface area (Å²) in [6.45, 7) is 4.33. The van der Waals surface area contributed by atoms with Gasteiger partial charge in [0.15, 0.2) is 5.13 Å². The van der Waals surface area contributed by atoms with Crippen LogP contribution in [0.2, 0.25) is 0 Å². The summed E-state index contributed by atoms with van der Waals surface area (Å²) in [7, 11) is 1.66. The van der Waals surface area contributed by atoms with E-state index in [1.807, 2.05) is 70.4 Å². The van der Waals surface area contributed by atoms with Crippen molar-refractivity contribution >= 4 is 39.1 Å². The predicted octanol–water partition coefficient (Wildman–Crippen LogP) is 3.56. The Morgan fingerprint density at radius 3 is 2.51 bits per heavy atom. The number of benzene rings is 2. The van der Waals surface area contributed by atoms with Crippen LogP contribution in [-0.2, 0) is 4.79 Å². The summed E-state index contributed by atoms with van der Waals surface area (Å²) in [5, 5.41) is 3.71. The number of carbonyl (C=O) groups excluding carboxylic acids is 2. The Morgan fingerprint density at radius 2 is 1.77 bits per heavy atom. The average molecular weight is 490 g/mol. The first-order valence-electron chi connectivity index (χ1n) is 11.5. The normalized spacial score (nSPS) is 14.7. The zero-order chi connectivity index (χ0) is 24.4. The van der Waals surface area contributed by atoms with Crippen molar-refractivity contribution in [2.24, 2.45) is 0 Å². The molecule has 0 spiro atoms. The molecule has 4 aromatic rings. The molecule has 35 heavy (non-hydrogen) atoms. The first kappa shape index (κ1) is 22.9. The fraction of sp³-hybridized carbons (Fsp3) is 0.269. The molecule has 0 saturated carbocycles. The molecule has 180 valence electrons. The first-order chi connectivity index (χ1) is 17.0. The summed E-state index contributed by atoms with van der Waals surface area (Å²) in [4.78, 5) is 34.6. The Hall–Kier alpha value is -3.85. The van der Waals surface area contributed by atoms with Crippen LogP contribution in [0.1, 0.15) is 17.3 Å². The van der Waals surface area contributed by atoms with Crippen molar-refractivity contribution in [1.82, 2.24) is 19.8 Å². The molecular formula is C26H27N5O3S. The average Bonchev–Trinajstić information content (AvgIpc) is 3.58. The van der Waals surface area contributed by atoms with Crippen LogP contribution < -0.4 is 15.0 Å². The van der Waals surface area contributed by atoms with E-state index in [9.17, 15) is 9.59 Å². The van der Waals surface area contributed by atoms with Gasteiger partial charge < -0.3 is 24.4 Å². The second-order valence-electron chi connectivity index (χ2n) is 8.45. The molecule has 0 aliphatic carbocycles. The molecule has 9 heteroatoms. The zero-order valence-electron chi connectivity index (χ0n) is 19.7. The number of hydrogen-bond donors (Lipinski definition) is 1. The van der Waals surface area contributed by atoms with Crippen molar-refractivity contribution in [1.29, 1.82) is 0 Å². The maximum Gasteiger partial charge on any atom is 0.251 e. The van der Waals surface area contributed by atoms with Crippen molar-refractivity contribution in [3.05, 3.63) is 72.6 Å². The summed E-state index contributed by atoms with van der Waals surface area (Å²) in [5.41, 5.74) is 2.38. The van der Waals surface area contributed by atoms with Gasteiger partial charge in [-0.05, 0) is 49.4 Å². The molecule has 1 aliphatic rings. The summed E-state index contributed by atoms with van der Waals surface area (Å²) in [5.74, 6) is 0.481. The molecule has 2 aromatic carbocycles. The number of fused-ring (bicyclic) bond motifs is 1. The number of para-hydroxylation sites is 2. The van der Waals surface area contributed by atoms with E-state index in [2.05, 4.69) is 15.2 Å². The zero-order valence-corrected chi connectivity index (χ0v) is 20.5. The third kappa shape index (κ3) is 4.72. The molecule has 1 saturated heterocycles. The number of thiazole rings is 1. The van der Waals surface area contributed by atoms with E-state index in [1.54, 1.807) is 20.1 Å². The summed E-state index contributed by atoms with van der Waals surface area (Å²) < 4.78 is 8.34. The van der Waals surface area contributed by atoms with E-state index in [1.165, 1.54) is 11.3 Å². The number of anilines is 1. The number of piperazine rings is 1. The monoisotopic (exact) mass is 489 g/mol. The van der Waals surface area contributed by atoms with Gasteiger partial charge in [-0.25, -0.2) is 4.98 Å². The molecule has 2 aromatic heterocycles. The number of hydrogen-bond acceptors (Lipinski definition) is 6. The topological polar surface area (TPSA) is 79.7 Å². The van der Waals surface area contributed by atoms with Gasteiger partial charge >= 0.3 is 0 Å². The Bertz CT molecular complexity index is 1340. The molecule has 2 amide bonds. The molecule has 3 heterocycles. The summed E-state index contributed by atoms with van der Waals surface area (Å²) in [6.07, 6.45) is 3.88. The van der Waals surface area contributed by atoms with Crippen molar-refractivity contribution in [3.8, 4) is 10.9 Å². The Labute approximate surface area is 207 Å². The second kappa shape index (κ2) is 9.79. The lowest BCUT2D eigenvalue weighted by atomic mass is 10.1. The number of ether oxygens (including phenoxy) is 1. The van der Waals surface area contributed by atoms with Gasteiger partial charge in [-0.3, -0.25) is 9.59 Å².